The molecule has 0 radical (unpaired) electrons. The van der Waals surface area contributed by atoms with E-state index in [4.69, 9.17) is 0 Å². The zero-order valence-corrected chi connectivity index (χ0v) is 12.4. The smallest absolute Gasteiger partial charge is 0.0248 e. The summed E-state index contributed by atoms with van der Waals surface area (Å²) in [4.78, 5) is 4.71. The molecule has 0 spiro atoms. The van der Waals surface area contributed by atoms with E-state index >= 15 is 0 Å². The van der Waals surface area contributed by atoms with Crippen molar-refractivity contribution in [2.45, 2.75) is 33.6 Å². The first-order chi connectivity index (χ1) is 8.56. The number of hydrogen-bond acceptors (Lipinski definition) is 2. The molecule has 1 aliphatic heterocycles. The fourth-order valence-electron chi connectivity index (χ4n) is 2.40. The van der Waals surface area contributed by atoms with Crippen molar-refractivity contribution in [1.82, 2.24) is 9.80 Å². The second kappa shape index (κ2) is 7.42. The van der Waals surface area contributed by atoms with Crippen molar-refractivity contribution in [3.05, 3.63) is 36.2 Å². The number of piperidine rings is 1. The van der Waals surface area contributed by atoms with Crippen molar-refractivity contribution in [2.24, 2.45) is 5.92 Å². The third-order valence-corrected chi connectivity index (χ3v) is 3.74. The minimum atomic E-state index is 0.833. The quantitative estimate of drug-likeness (QED) is 0.685. The highest BCUT2D eigenvalue weighted by atomic mass is 15.1. The Kier molecular flexibility index (Phi) is 6.20. The first-order valence-electron chi connectivity index (χ1n) is 6.98. The average molecular weight is 248 g/mol. The zero-order chi connectivity index (χ0) is 13.5. The van der Waals surface area contributed by atoms with Crippen LogP contribution in [-0.4, -0.2) is 36.5 Å². The van der Waals surface area contributed by atoms with E-state index in [2.05, 4.69) is 56.5 Å². The molecule has 0 unspecified atom stereocenters. The summed E-state index contributed by atoms with van der Waals surface area (Å²) < 4.78 is 0. The van der Waals surface area contributed by atoms with E-state index in [0.717, 1.165) is 12.5 Å². The number of allylic oxidation sites excluding steroid dienone is 2. The zero-order valence-electron chi connectivity index (χ0n) is 12.4. The minimum Gasteiger partial charge on any atom is -0.355 e. The first kappa shape index (κ1) is 15.0. The minimum absolute atomic E-state index is 0.833. The molecule has 1 atom stereocenters. The van der Waals surface area contributed by atoms with Gasteiger partial charge in [-0.2, -0.15) is 0 Å². The number of likely N-dealkylation sites (tertiary alicyclic amines) is 1. The summed E-state index contributed by atoms with van der Waals surface area (Å²) in [5, 5.41) is 0. The van der Waals surface area contributed by atoms with Crippen molar-refractivity contribution in [2.75, 3.05) is 26.7 Å². The molecule has 102 valence electrons. The first-order valence-corrected chi connectivity index (χ1v) is 6.98. The van der Waals surface area contributed by atoms with Crippen LogP contribution in [0.3, 0.4) is 0 Å². The summed E-state index contributed by atoms with van der Waals surface area (Å²) in [5.74, 6) is 0.833. The van der Waals surface area contributed by atoms with Gasteiger partial charge < -0.3 is 4.90 Å². The van der Waals surface area contributed by atoms with E-state index in [0.29, 0.717) is 0 Å². The maximum Gasteiger partial charge on any atom is 0.0248 e. The maximum absolute atomic E-state index is 3.94. The Bertz CT molecular complexity index is 328. The summed E-state index contributed by atoms with van der Waals surface area (Å²) in [6.07, 6.45) is 9.01. The van der Waals surface area contributed by atoms with Crippen LogP contribution in [0.15, 0.2) is 36.2 Å². The molecular weight excluding hydrogens is 220 g/mol. The van der Waals surface area contributed by atoms with Crippen LogP contribution >= 0.6 is 0 Å². The lowest BCUT2D eigenvalue weighted by Crippen LogP contribution is -2.35. The molecule has 1 rings (SSSR count). The molecule has 0 N–H and O–H groups in total. The van der Waals surface area contributed by atoms with Gasteiger partial charge in [0.25, 0.3) is 0 Å². The van der Waals surface area contributed by atoms with Crippen LogP contribution < -0.4 is 0 Å². The molecule has 2 heteroatoms. The number of nitrogens with zero attached hydrogens (tertiary/aromatic N) is 2. The Morgan fingerprint density at radius 1 is 1.50 bits per heavy atom. The van der Waals surface area contributed by atoms with Gasteiger partial charge in [0.1, 0.15) is 0 Å². The average Bonchev–Trinajstić information content (AvgIpc) is 2.36. The Hall–Kier alpha value is -1.02. The van der Waals surface area contributed by atoms with Crippen molar-refractivity contribution < 1.29 is 0 Å². The lowest BCUT2D eigenvalue weighted by atomic mass is 10.00. The predicted octanol–water partition coefficient (Wildman–Crippen LogP) is 3.64. The van der Waals surface area contributed by atoms with Gasteiger partial charge in [0.05, 0.1) is 0 Å². The fraction of sp³-hybridized carbons (Fsp3) is 0.625. The van der Waals surface area contributed by atoms with Gasteiger partial charge in [0, 0.05) is 32.0 Å². The summed E-state index contributed by atoms with van der Waals surface area (Å²) in [5.41, 5.74) is 2.56. The third-order valence-electron chi connectivity index (χ3n) is 3.74. The van der Waals surface area contributed by atoms with Crippen LogP contribution in [-0.2, 0) is 0 Å². The van der Waals surface area contributed by atoms with Crippen molar-refractivity contribution in [3.63, 3.8) is 0 Å². The Labute approximate surface area is 113 Å². The summed E-state index contributed by atoms with van der Waals surface area (Å²) in [7, 11) is 2.09. The van der Waals surface area contributed by atoms with Gasteiger partial charge in [-0.15, -0.1) is 0 Å². The summed E-state index contributed by atoms with van der Waals surface area (Å²) >= 11 is 0. The molecule has 0 aromatic heterocycles. The van der Waals surface area contributed by atoms with Crippen LogP contribution in [0.1, 0.15) is 33.6 Å². The molecule has 0 saturated carbocycles. The Morgan fingerprint density at radius 3 is 2.78 bits per heavy atom. The molecule has 0 aromatic carbocycles. The molecule has 1 fully saturated rings. The van der Waals surface area contributed by atoms with Crippen LogP contribution in [0, 0.1) is 5.92 Å². The Balaban J connectivity index is 2.60. The van der Waals surface area contributed by atoms with E-state index < -0.39 is 0 Å². The van der Waals surface area contributed by atoms with Gasteiger partial charge in [0.15, 0.2) is 0 Å². The molecule has 1 saturated heterocycles. The highest BCUT2D eigenvalue weighted by Crippen LogP contribution is 2.17. The van der Waals surface area contributed by atoms with Crippen molar-refractivity contribution in [3.8, 4) is 0 Å². The highest BCUT2D eigenvalue weighted by Gasteiger charge is 2.16. The SMILES string of the molecule is C=C/C(=C\N(C)/C(C)=C\C)CN1CCC[C@H](C)C1. The van der Waals surface area contributed by atoms with Gasteiger partial charge in [-0.25, -0.2) is 0 Å². The molecule has 18 heavy (non-hydrogen) atoms. The maximum atomic E-state index is 3.94. The van der Waals surface area contributed by atoms with Gasteiger partial charge >= 0.3 is 0 Å². The molecule has 0 aromatic rings. The monoisotopic (exact) mass is 248 g/mol. The molecule has 1 aliphatic rings. The lowest BCUT2D eigenvalue weighted by molar-refractivity contribution is 0.198. The normalized spacial score (nSPS) is 23.0. The number of rotatable bonds is 5. The molecule has 2 nitrogen and oxygen atoms in total. The van der Waals surface area contributed by atoms with E-state index in [1.54, 1.807) is 0 Å². The number of hydrogen-bond donors (Lipinski definition) is 0. The molecule has 0 bridgehead atoms. The third kappa shape index (κ3) is 4.69. The fourth-order valence-corrected chi connectivity index (χ4v) is 2.40. The topological polar surface area (TPSA) is 6.48 Å². The van der Waals surface area contributed by atoms with Crippen LogP contribution in [0.2, 0.25) is 0 Å². The largest absolute Gasteiger partial charge is 0.355 e. The van der Waals surface area contributed by atoms with Gasteiger partial charge in [-0.3, -0.25) is 4.90 Å². The predicted molar refractivity (Wildman–Crippen MR) is 80.3 cm³/mol. The van der Waals surface area contributed by atoms with Crippen LogP contribution in [0.5, 0.6) is 0 Å². The van der Waals surface area contributed by atoms with Gasteiger partial charge in [-0.05, 0) is 44.7 Å². The van der Waals surface area contributed by atoms with Crippen LogP contribution in [0.4, 0.5) is 0 Å². The second-order valence-electron chi connectivity index (χ2n) is 5.43. The van der Waals surface area contributed by atoms with Crippen molar-refractivity contribution in [1.29, 1.82) is 0 Å². The van der Waals surface area contributed by atoms with Gasteiger partial charge in [0.2, 0.25) is 0 Å². The van der Waals surface area contributed by atoms with Gasteiger partial charge in [-0.1, -0.05) is 25.7 Å². The summed E-state index contributed by atoms with van der Waals surface area (Å²) in [6.45, 7) is 14.0. The van der Waals surface area contributed by atoms with E-state index in [1.165, 1.54) is 37.2 Å². The van der Waals surface area contributed by atoms with E-state index in [9.17, 15) is 0 Å². The van der Waals surface area contributed by atoms with E-state index in [1.807, 2.05) is 6.08 Å². The standard InChI is InChI=1S/C16H28N2/c1-6-15(4)17(5)12-16(7-2)13-18-10-8-9-14(3)11-18/h6-7,12,14H,2,8-11,13H2,1,3-5H3/b15-6-,16-12+/t14-/m0/s1. The molecular formula is C16H28N2. The lowest BCUT2D eigenvalue weighted by Gasteiger charge is -2.31. The van der Waals surface area contributed by atoms with Crippen LogP contribution in [0.25, 0.3) is 0 Å². The van der Waals surface area contributed by atoms with E-state index in [-0.39, 0.29) is 0 Å². The highest BCUT2D eigenvalue weighted by molar-refractivity contribution is 5.19. The second-order valence-corrected chi connectivity index (χ2v) is 5.43. The molecule has 1 heterocycles. The summed E-state index contributed by atoms with van der Waals surface area (Å²) in [6, 6.07) is 0. The van der Waals surface area contributed by atoms with Crippen molar-refractivity contribution >= 4 is 0 Å². The molecule has 0 amide bonds. The Morgan fingerprint density at radius 2 is 2.22 bits per heavy atom. The molecule has 0 aliphatic carbocycles.